The van der Waals surface area contributed by atoms with Crippen LogP contribution in [0.4, 0.5) is 0 Å². The summed E-state index contributed by atoms with van der Waals surface area (Å²) >= 11 is 0. The van der Waals surface area contributed by atoms with Gasteiger partial charge in [-0.25, -0.2) is 0 Å². The highest BCUT2D eigenvalue weighted by Crippen LogP contribution is 2.35. The third-order valence-electron chi connectivity index (χ3n) is 8.10. The Kier molecular flexibility index (Phi) is 8.34. The number of amides is 2. The highest BCUT2D eigenvalue weighted by molar-refractivity contribution is 6.08. The van der Waals surface area contributed by atoms with E-state index in [1.54, 1.807) is 0 Å². The van der Waals surface area contributed by atoms with Crippen molar-refractivity contribution in [2.24, 2.45) is 11.8 Å². The number of nitrogens with one attached hydrogen (secondary N) is 2. The molecule has 2 heterocycles. The van der Waals surface area contributed by atoms with Crippen molar-refractivity contribution in [1.29, 1.82) is 0 Å². The molecule has 1 fully saturated rings. The summed E-state index contributed by atoms with van der Waals surface area (Å²) in [6.07, 6.45) is 11.8. The molecule has 0 radical (unpaired) electrons. The Morgan fingerprint density at radius 3 is 2.74 bits per heavy atom. The smallest absolute Gasteiger partial charge is 0.252 e. The largest absolute Gasteiger partial charge is 0.494 e. The molecule has 1 saturated carbocycles. The van der Waals surface area contributed by atoms with Crippen molar-refractivity contribution in [3.8, 4) is 16.9 Å². The van der Waals surface area contributed by atoms with Gasteiger partial charge in [0.2, 0.25) is 5.91 Å². The molecular formula is C32H40N4O3. The molecule has 39 heavy (non-hydrogen) atoms. The number of fused-ring (bicyclic) bond motifs is 1. The van der Waals surface area contributed by atoms with Crippen LogP contribution in [0.15, 0.2) is 54.4 Å². The van der Waals surface area contributed by atoms with Gasteiger partial charge in [0.25, 0.3) is 5.91 Å². The van der Waals surface area contributed by atoms with E-state index in [4.69, 9.17) is 9.84 Å². The quantitative estimate of drug-likeness (QED) is 0.298. The van der Waals surface area contributed by atoms with Gasteiger partial charge in [-0.05, 0) is 67.5 Å². The van der Waals surface area contributed by atoms with E-state index in [1.165, 1.54) is 12.8 Å². The number of hydrogen-bond acceptors (Lipinski definition) is 4. The van der Waals surface area contributed by atoms with Gasteiger partial charge in [0.05, 0.1) is 35.8 Å². The van der Waals surface area contributed by atoms with Gasteiger partial charge in [-0.2, -0.15) is 5.10 Å². The van der Waals surface area contributed by atoms with Crippen LogP contribution in [0, 0.1) is 11.8 Å². The number of ether oxygens (including phenoxy) is 1. The van der Waals surface area contributed by atoms with E-state index >= 15 is 0 Å². The molecule has 1 aliphatic heterocycles. The average Bonchev–Trinajstić information content (AvgIpc) is 3.60. The maximum atomic E-state index is 13.6. The molecule has 2 N–H and O–H groups in total. The highest BCUT2D eigenvalue weighted by atomic mass is 16.5. The third kappa shape index (κ3) is 6.02. The first-order valence-electron chi connectivity index (χ1n) is 14.5. The van der Waals surface area contributed by atoms with Crippen molar-refractivity contribution in [2.75, 3.05) is 13.2 Å². The number of benzene rings is 2. The van der Waals surface area contributed by atoms with Crippen LogP contribution in [-0.4, -0.2) is 34.7 Å². The second kappa shape index (κ2) is 12.1. The summed E-state index contributed by atoms with van der Waals surface area (Å²) in [7, 11) is 0. The second-order valence-corrected chi connectivity index (χ2v) is 11.1. The van der Waals surface area contributed by atoms with Crippen LogP contribution >= 0.6 is 0 Å². The Balaban J connectivity index is 1.46. The molecule has 2 aliphatic rings. The minimum Gasteiger partial charge on any atom is -0.494 e. The molecule has 5 rings (SSSR count). The van der Waals surface area contributed by atoms with Gasteiger partial charge in [0.15, 0.2) is 0 Å². The number of carbonyl (C=O) groups excluding carboxylic acids is 2. The average molecular weight is 529 g/mol. The predicted molar refractivity (Wildman–Crippen MR) is 155 cm³/mol. The molecule has 0 bridgehead atoms. The molecule has 7 nitrogen and oxygen atoms in total. The van der Waals surface area contributed by atoms with E-state index in [-0.39, 0.29) is 30.2 Å². The van der Waals surface area contributed by atoms with E-state index in [0.29, 0.717) is 18.2 Å². The normalized spacial score (nSPS) is 19.7. The van der Waals surface area contributed by atoms with Crippen molar-refractivity contribution in [3.05, 3.63) is 59.9 Å². The van der Waals surface area contributed by atoms with Gasteiger partial charge in [-0.3, -0.25) is 14.3 Å². The first-order chi connectivity index (χ1) is 18.9. The molecule has 2 amide bonds. The maximum absolute atomic E-state index is 13.6. The Bertz CT molecular complexity index is 1370. The molecule has 0 spiro atoms. The first-order valence-corrected chi connectivity index (χ1v) is 14.5. The minimum absolute atomic E-state index is 0.0495. The summed E-state index contributed by atoms with van der Waals surface area (Å²) in [5.41, 5.74) is 4.37. The molecule has 0 saturated heterocycles. The van der Waals surface area contributed by atoms with Gasteiger partial charge in [0.1, 0.15) is 5.75 Å². The predicted octanol–water partition coefficient (Wildman–Crippen LogP) is 6.40. The SMILES string of the molecule is CCCCCOc1cccc(-c2cc(C(=O)NCC3C(=O)NC(C)=CC3C)c3cnn(C4CCCC4)c3c2)c1. The Morgan fingerprint density at radius 2 is 1.97 bits per heavy atom. The fourth-order valence-electron chi connectivity index (χ4n) is 5.90. The number of allylic oxidation sites excluding steroid dienone is 2. The highest BCUT2D eigenvalue weighted by Gasteiger charge is 2.29. The zero-order valence-corrected chi connectivity index (χ0v) is 23.3. The van der Waals surface area contributed by atoms with Gasteiger partial charge in [0, 0.05) is 17.6 Å². The molecule has 206 valence electrons. The summed E-state index contributed by atoms with van der Waals surface area (Å²) in [6, 6.07) is 12.5. The van der Waals surface area contributed by atoms with Crippen LogP contribution in [0.25, 0.3) is 22.0 Å². The number of hydrogen-bond donors (Lipinski definition) is 2. The number of nitrogens with zero attached hydrogens (tertiary/aromatic N) is 2. The van der Waals surface area contributed by atoms with E-state index in [0.717, 1.165) is 65.6 Å². The number of rotatable bonds is 10. The number of carbonyl (C=O) groups is 2. The molecular weight excluding hydrogens is 488 g/mol. The third-order valence-corrected chi connectivity index (χ3v) is 8.10. The molecule has 3 aromatic rings. The van der Waals surface area contributed by atoms with Crippen LogP contribution in [0.5, 0.6) is 5.75 Å². The Hall–Kier alpha value is -3.61. The van der Waals surface area contributed by atoms with Crippen molar-refractivity contribution in [1.82, 2.24) is 20.4 Å². The minimum atomic E-state index is -0.306. The fraction of sp³-hybridized carbons (Fsp3) is 0.469. The standard InChI is InChI=1S/C32H40N4O3/c1-4-5-8-14-39-26-13-9-10-23(16-26)24-17-27(29-20-34-36(30(29)18-24)25-11-6-7-12-25)31(37)33-19-28-21(2)15-22(3)35-32(28)38/h9-10,13,15-18,20-21,25,28H,4-8,11-12,14,19H2,1-3H3,(H,33,37)(H,35,38). The summed E-state index contributed by atoms with van der Waals surface area (Å²) in [6.45, 7) is 7.06. The second-order valence-electron chi connectivity index (χ2n) is 11.1. The molecule has 1 aromatic heterocycles. The summed E-state index contributed by atoms with van der Waals surface area (Å²) in [4.78, 5) is 26.2. The van der Waals surface area contributed by atoms with Gasteiger partial charge < -0.3 is 15.4 Å². The Morgan fingerprint density at radius 1 is 1.15 bits per heavy atom. The fourth-order valence-corrected chi connectivity index (χ4v) is 5.90. The van der Waals surface area contributed by atoms with E-state index in [2.05, 4.69) is 34.4 Å². The topological polar surface area (TPSA) is 85.2 Å². The summed E-state index contributed by atoms with van der Waals surface area (Å²) in [5.74, 6) is 0.340. The zero-order valence-electron chi connectivity index (χ0n) is 23.3. The van der Waals surface area contributed by atoms with E-state index in [1.807, 2.05) is 50.4 Å². The van der Waals surface area contributed by atoms with E-state index in [9.17, 15) is 9.59 Å². The van der Waals surface area contributed by atoms with Crippen LogP contribution in [0.1, 0.15) is 82.1 Å². The maximum Gasteiger partial charge on any atom is 0.252 e. The molecule has 1 aliphatic carbocycles. The number of unbranched alkanes of at least 4 members (excludes halogenated alkanes) is 2. The molecule has 2 atom stereocenters. The molecule has 7 heteroatoms. The summed E-state index contributed by atoms with van der Waals surface area (Å²) in [5, 5.41) is 11.5. The molecule has 2 unspecified atom stereocenters. The van der Waals surface area contributed by atoms with Crippen molar-refractivity contribution in [3.63, 3.8) is 0 Å². The number of aromatic nitrogens is 2. The van der Waals surface area contributed by atoms with Gasteiger partial charge in [-0.1, -0.05) is 57.7 Å². The van der Waals surface area contributed by atoms with Gasteiger partial charge in [-0.15, -0.1) is 0 Å². The lowest BCUT2D eigenvalue weighted by molar-refractivity contribution is -0.125. The van der Waals surface area contributed by atoms with E-state index < -0.39 is 0 Å². The van der Waals surface area contributed by atoms with Crippen LogP contribution < -0.4 is 15.4 Å². The van der Waals surface area contributed by atoms with Crippen molar-refractivity contribution >= 4 is 22.7 Å². The van der Waals surface area contributed by atoms with Crippen LogP contribution in [0.2, 0.25) is 0 Å². The lowest BCUT2D eigenvalue weighted by Gasteiger charge is -2.26. The lowest BCUT2D eigenvalue weighted by atomic mass is 9.89. The Labute approximate surface area is 231 Å². The van der Waals surface area contributed by atoms with Gasteiger partial charge >= 0.3 is 0 Å². The summed E-state index contributed by atoms with van der Waals surface area (Å²) < 4.78 is 8.13. The lowest BCUT2D eigenvalue weighted by Crippen LogP contribution is -2.43. The zero-order chi connectivity index (χ0) is 27.4. The molecule has 2 aromatic carbocycles. The first kappa shape index (κ1) is 27.0. The van der Waals surface area contributed by atoms with Crippen LogP contribution in [0.3, 0.4) is 0 Å². The van der Waals surface area contributed by atoms with Crippen LogP contribution in [-0.2, 0) is 4.79 Å². The monoisotopic (exact) mass is 528 g/mol. The van der Waals surface area contributed by atoms with Crippen molar-refractivity contribution in [2.45, 2.75) is 71.8 Å². The van der Waals surface area contributed by atoms with Crippen molar-refractivity contribution < 1.29 is 14.3 Å².